The minimum atomic E-state index is -3.84. The highest BCUT2D eigenvalue weighted by molar-refractivity contribution is 9.10. The van der Waals surface area contributed by atoms with E-state index >= 15 is 0 Å². The van der Waals surface area contributed by atoms with Gasteiger partial charge in [-0.3, -0.25) is 14.3 Å². The second-order valence-electron chi connectivity index (χ2n) is 11.8. The van der Waals surface area contributed by atoms with Crippen molar-refractivity contribution in [3.05, 3.63) is 35.3 Å². The van der Waals surface area contributed by atoms with Gasteiger partial charge in [0.15, 0.2) is 0 Å². The van der Waals surface area contributed by atoms with Gasteiger partial charge < -0.3 is 29.7 Å². The molecule has 13 nitrogen and oxygen atoms in total. The number of fused-ring (bicyclic) bond motifs is 1. The zero-order valence-corrected chi connectivity index (χ0v) is 28.0. The number of hydrogen-bond donors (Lipinski definition) is 3. The molecule has 3 aliphatic rings. The quantitative estimate of drug-likeness (QED) is 0.281. The van der Waals surface area contributed by atoms with Crippen molar-refractivity contribution in [1.29, 1.82) is 0 Å². The molecule has 3 N–H and O–H groups in total. The lowest BCUT2D eigenvalue weighted by Crippen LogP contribution is -2.57. The Hall–Kier alpha value is -3.59. The normalized spacial score (nSPS) is 24.2. The number of methoxy groups -OCH3 is 1. The first-order valence-electron chi connectivity index (χ1n) is 14.9. The van der Waals surface area contributed by atoms with Crippen LogP contribution in [0.3, 0.4) is 0 Å². The molecule has 5 rings (SSSR count). The summed E-state index contributed by atoms with van der Waals surface area (Å²) in [7, 11) is -2.29. The molecule has 15 heteroatoms. The molecule has 45 heavy (non-hydrogen) atoms. The maximum absolute atomic E-state index is 13.8. The smallest absolute Gasteiger partial charge is 0.318 e. The molecule has 0 bridgehead atoms. The molecule has 1 unspecified atom stereocenters. The van der Waals surface area contributed by atoms with Gasteiger partial charge in [0, 0.05) is 29.8 Å². The summed E-state index contributed by atoms with van der Waals surface area (Å²) in [5, 5.41) is 5.66. The first-order valence-corrected chi connectivity index (χ1v) is 17.2. The molecule has 1 aromatic heterocycles. The Morgan fingerprint density at radius 2 is 1.98 bits per heavy atom. The lowest BCUT2D eigenvalue weighted by Gasteiger charge is -2.27. The van der Waals surface area contributed by atoms with Crippen LogP contribution in [0.4, 0.5) is 4.79 Å². The fraction of sp³-hybridized carbons (Fsp3) is 0.533. The number of hydrogen-bond acceptors (Lipinski definition) is 9. The highest BCUT2D eigenvalue weighted by Crippen LogP contribution is 2.46. The first-order chi connectivity index (χ1) is 21.3. The Balaban J connectivity index is 1.41. The minimum absolute atomic E-state index is 0.0713. The summed E-state index contributed by atoms with van der Waals surface area (Å²) in [6, 6.07) is 3.56. The molecule has 4 amide bonds. The second kappa shape index (κ2) is 12.7. The number of nitrogens with zero attached hydrogens (tertiary/aromatic N) is 2. The van der Waals surface area contributed by atoms with Gasteiger partial charge in [-0.1, -0.05) is 6.08 Å². The SMILES string of the molecule is C=CC1C[C@]1(NC(=O)[C@@H]1C[C@@H](Oc2cc(OCC)nc3c(Br)c(OC)ccc23)CN1C(=O)NC(C)C)C(=O)NS(=O)(=O)C1CC1. The van der Waals surface area contributed by atoms with Crippen molar-refractivity contribution in [2.45, 2.75) is 75.4 Å². The molecular weight excluding hydrogens is 670 g/mol. The number of rotatable bonds is 12. The summed E-state index contributed by atoms with van der Waals surface area (Å²) < 4.78 is 45.4. The molecule has 1 aliphatic heterocycles. The van der Waals surface area contributed by atoms with Crippen LogP contribution < -0.4 is 29.6 Å². The summed E-state index contributed by atoms with van der Waals surface area (Å²) in [4.78, 5) is 46.3. The van der Waals surface area contributed by atoms with E-state index in [1.807, 2.05) is 6.92 Å². The van der Waals surface area contributed by atoms with Crippen molar-refractivity contribution in [2.24, 2.45) is 5.92 Å². The molecule has 2 aromatic rings. The Kier molecular flexibility index (Phi) is 9.23. The van der Waals surface area contributed by atoms with Crippen LogP contribution in [0.1, 0.15) is 46.5 Å². The number of pyridine rings is 1. The van der Waals surface area contributed by atoms with E-state index in [0.29, 0.717) is 52.2 Å². The van der Waals surface area contributed by atoms with Gasteiger partial charge in [-0.25, -0.2) is 18.2 Å². The fourth-order valence-electron chi connectivity index (χ4n) is 5.55. The molecule has 2 heterocycles. The monoisotopic (exact) mass is 707 g/mol. The number of nitrogens with one attached hydrogen (secondary N) is 3. The van der Waals surface area contributed by atoms with Gasteiger partial charge in [0.05, 0.1) is 35.5 Å². The molecule has 4 atom stereocenters. The van der Waals surface area contributed by atoms with Crippen LogP contribution in [-0.4, -0.2) is 85.4 Å². The maximum Gasteiger partial charge on any atom is 0.318 e. The molecule has 1 aromatic carbocycles. The average molecular weight is 709 g/mol. The van der Waals surface area contributed by atoms with Gasteiger partial charge >= 0.3 is 6.03 Å². The van der Waals surface area contributed by atoms with Crippen LogP contribution in [0.2, 0.25) is 0 Å². The van der Waals surface area contributed by atoms with E-state index in [2.05, 4.69) is 42.8 Å². The maximum atomic E-state index is 13.8. The first kappa shape index (κ1) is 32.8. The van der Waals surface area contributed by atoms with Crippen molar-refractivity contribution in [3.8, 4) is 17.4 Å². The number of carbonyl (C=O) groups is 3. The van der Waals surface area contributed by atoms with Crippen molar-refractivity contribution < 1.29 is 37.0 Å². The van der Waals surface area contributed by atoms with Gasteiger partial charge in [-0.15, -0.1) is 6.58 Å². The van der Waals surface area contributed by atoms with E-state index in [1.165, 1.54) is 11.0 Å². The predicted octanol–water partition coefficient (Wildman–Crippen LogP) is 3.01. The molecule has 2 saturated carbocycles. The van der Waals surface area contributed by atoms with Crippen LogP contribution in [-0.2, 0) is 19.6 Å². The van der Waals surface area contributed by atoms with Gasteiger partial charge in [0.1, 0.15) is 29.2 Å². The zero-order valence-electron chi connectivity index (χ0n) is 25.6. The third-order valence-electron chi connectivity index (χ3n) is 8.12. The lowest BCUT2D eigenvalue weighted by molar-refractivity contribution is -0.131. The highest BCUT2D eigenvalue weighted by atomic mass is 79.9. The van der Waals surface area contributed by atoms with Crippen LogP contribution in [0.25, 0.3) is 10.9 Å². The Morgan fingerprint density at radius 1 is 1.24 bits per heavy atom. The van der Waals surface area contributed by atoms with Crippen LogP contribution in [0.15, 0.2) is 35.3 Å². The number of likely N-dealkylation sites (tertiary alicyclic amines) is 1. The lowest BCUT2D eigenvalue weighted by atomic mass is 10.1. The predicted molar refractivity (Wildman–Crippen MR) is 170 cm³/mol. The number of ether oxygens (including phenoxy) is 3. The average Bonchev–Trinajstić information content (AvgIpc) is 3.90. The molecular formula is C30H38BrN5O8S. The number of amides is 4. The fourth-order valence-corrected chi connectivity index (χ4v) is 7.51. The summed E-state index contributed by atoms with van der Waals surface area (Å²) >= 11 is 3.55. The van der Waals surface area contributed by atoms with E-state index in [1.54, 1.807) is 39.2 Å². The third kappa shape index (κ3) is 6.69. The van der Waals surface area contributed by atoms with Crippen LogP contribution >= 0.6 is 15.9 Å². The van der Waals surface area contributed by atoms with Crippen molar-refractivity contribution in [2.75, 3.05) is 20.3 Å². The molecule has 2 aliphatic carbocycles. The molecule has 244 valence electrons. The summed E-state index contributed by atoms with van der Waals surface area (Å²) in [6.07, 6.45) is 2.18. The topological polar surface area (TPSA) is 165 Å². The van der Waals surface area contributed by atoms with E-state index in [0.717, 1.165) is 0 Å². The molecule has 3 fully saturated rings. The number of sulfonamides is 1. The van der Waals surface area contributed by atoms with E-state index in [9.17, 15) is 22.8 Å². The summed E-state index contributed by atoms with van der Waals surface area (Å²) in [5.41, 5.74) is -0.922. The highest BCUT2D eigenvalue weighted by Gasteiger charge is 2.62. The van der Waals surface area contributed by atoms with E-state index in [-0.39, 0.29) is 25.4 Å². The zero-order chi connectivity index (χ0) is 32.7. The Labute approximate surface area is 270 Å². The number of benzene rings is 1. The summed E-state index contributed by atoms with van der Waals surface area (Å²) in [5.74, 6) is -0.511. The van der Waals surface area contributed by atoms with Gasteiger partial charge in [-0.2, -0.15) is 0 Å². The van der Waals surface area contributed by atoms with Crippen molar-refractivity contribution in [1.82, 2.24) is 25.2 Å². The summed E-state index contributed by atoms with van der Waals surface area (Å²) in [6.45, 7) is 9.64. The minimum Gasteiger partial charge on any atom is -0.495 e. The molecule has 0 radical (unpaired) electrons. The third-order valence-corrected chi connectivity index (χ3v) is 10.7. The Bertz CT molecular complexity index is 1630. The van der Waals surface area contributed by atoms with Gasteiger partial charge in [0.2, 0.25) is 21.8 Å². The Morgan fingerprint density at radius 3 is 2.58 bits per heavy atom. The number of urea groups is 1. The van der Waals surface area contributed by atoms with Gasteiger partial charge in [-0.05, 0) is 68.1 Å². The van der Waals surface area contributed by atoms with Crippen LogP contribution in [0.5, 0.6) is 17.4 Å². The van der Waals surface area contributed by atoms with E-state index in [4.69, 9.17) is 14.2 Å². The molecule has 0 spiro atoms. The number of aromatic nitrogens is 1. The van der Waals surface area contributed by atoms with Crippen molar-refractivity contribution >= 4 is 54.7 Å². The number of halogens is 1. The number of carbonyl (C=O) groups excluding carboxylic acids is 3. The van der Waals surface area contributed by atoms with E-state index < -0.39 is 56.7 Å². The van der Waals surface area contributed by atoms with Gasteiger partial charge in [0.25, 0.3) is 5.91 Å². The van der Waals surface area contributed by atoms with Crippen LogP contribution in [0, 0.1) is 5.92 Å². The van der Waals surface area contributed by atoms with Crippen molar-refractivity contribution in [3.63, 3.8) is 0 Å². The standard InChI is InChI=1S/C30H38BrN5O8S/c1-6-17-14-30(17,28(38)35-45(40,41)19-8-9-19)34-27(37)21-12-18(15-36(21)29(39)32-16(3)4)44-23-13-24(43-7-2)33-26-20(23)10-11-22(42-5)25(26)31/h6,10-11,13,16-19,21H,1,7-9,12,14-15H2,2-5H3,(H,32,39)(H,34,37)(H,35,38)/t17?,18-,21+,30-/m1/s1. The largest absolute Gasteiger partial charge is 0.495 e. The second-order valence-corrected chi connectivity index (χ2v) is 14.6. The molecule has 1 saturated heterocycles.